The zero-order valence-electron chi connectivity index (χ0n) is 11.5. The number of aryl methyl sites for hydroxylation is 1. The standard InChI is InChI=1S/C13H20N2O2S/c1-9-6-7-18-11(9)12(17)15(5)8-10(16)14-13(2,3)4/h6-7H,8H2,1-5H3,(H,14,16). The van der Waals surface area contributed by atoms with Crippen molar-refractivity contribution in [2.24, 2.45) is 0 Å². The summed E-state index contributed by atoms with van der Waals surface area (Å²) in [7, 11) is 1.64. The molecule has 0 atom stereocenters. The largest absolute Gasteiger partial charge is 0.350 e. The summed E-state index contributed by atoms with van der Waals surface area (Å²) in [4.78, 5) is 26.0. The minimum Gasteiger partial charge on any atom is -0.350 e. The molecule has 4 nitrogen and oxygen atoms in total. The molecule has 18 heavy (non-hydrogen) atoms. The summed E-state index contributed by atoms with van der Waals surface area (Å²) in [6, 6.07) is 1.90. The van der Waals surface area contributed by atoms with Crippen LogP contribution in [0.3, 0.4) is 0 Å². The van der Waals surface area contributed by atoms with Crippen LogP contribution in [0.2, 0.25) is 0 Å². The number of amides is 2. The van der Waals surface area contributed by atoms with Gasteiger partial charge in [0.1, 0.15) is 0 Å². The summed E-state index contributed by atoms with van der Waals surface area (Å²) in [6.07, 6.45) is 0. The van der Waals surface area contributed by atoms with Crippen LogP contribution in [0.4, 0.5) is 0 Å². The maximum atomic E-state index is 12.1. The molecule has 0 aromatic carbocycles. The number of carbonyl (C=O) groups excluding carboxylic acids is 2. The maximum absolute atomic E-state index is 12.1. The SMILES string of the molecule is Cc1ccsc1C(=O)N(C)CC(=O)NC(C)(C)C. The van der Waals surface area contributed by atoms with Gasteiger partial charge in [-0.05, 0) is 44.7 Å². The van der Waals surface area contributed by atoms with Crippen molar-refractivity contribution in [2.45, 2.75) is 33.2 Å². The number of thiophene rings is 1. The Morgan fingerprint density at radius 2 is 2.00 bits per heavy atom. The van der Waals surface area contributed by atoms with Gasteiger partial charge in [-0.3, -0.25) is 9.59 Å². The monoisotopic (exact) mass is 268 g/mol. The van der Waals surface area contributed by atoms with Gasteiger partial charge in [-0.25, -0.2) is 0 Å². The molecule has 0 bridgehead atoms. The fourth-order valence-corrected chi connectivity index (χ4v) is 2.43. The molecule has 1 aromatic heterocycles. The zero-order chi connectivity index (χ0) is 13.9. The van der Waals surface area contributed by atoms with Gasteiger partial charge in [0, 0.05) is 12.6 Å². The molecule has 1 N–H and O–H groups in total. The van der Waals surface area contributed by atoms with E-state index in [0.717, 1.165) is 5.56 Å². The summed E-state index contributed by atoms with van der Waals surface area (Å²) in [5, 5.41) is 4.72. The Morgan fingerprint density at radius 1 is 1.39 bits per heavy atom. The summed E-state index contributed by atoms with van der Waals surface area (Å²) >= 11 is 1.40. The Bertz CT molecular complexity index is 446. The van der Waals surface area contributed by atoms with E-state index in [1.165, 1.54) is 16.2 Å². The fraction of sp³-hybridized carbons (Fsp3) is 0.538. The van der Waals surface area contributed by atoms with Crippen LogP contribution in [0.5, 0.6) is 0 Å². The van der Waals surface area contributed by atoms with Crippen molar-refractivity contribution in [1.82, 2.24) is 10.2 Å². The second kappa shape index (κ2) is 5.52. The van der Waals surface area contributed by atoms with Gasteiger partial charge in [-0.15, -0.1) is 11.3 Å². The number of carbonyl (C=O) groups is 2. The molecule has 2 amide bonds. The lowest BCUT2D eigenvalue weighted by Gasteiger charge is -2.23. The van der Waals surface area contributed by atoms with Gasteiger partial charge in [0.25, 0.3) is 5.91 Å². The topological polar surface area (TPSA) is 49.4 Å². The third kappa shape index (κ3) is 4.14. The molecule has 0 radical (unpaired) electrons. The molecule has 100 valence electrons. The number of nitrogens with one attached hydrogen (secondary N) is 1. The second-order valence-corrected chi connectivity index (χ2v) is 6.31. The molecule has 1 rings (SSSR count). The predicted octanol–water partition coefficient (Wildman–Crippen LogP) is 2.04. The molecule has 0 unspecified atom stereocenters. The van der Waals surface area contributed by atoms with E-state index in [9.17, 15) is 9.59 Å². The van der Waals surface area contributed by atoms with Crippen LogP contribution in [0.25, 0.3) is 0 Å². The van der Waals surface area contributed by atoms with Crippen molar-refractivity contribution in [3.05, 3.63) is 21.9 Å². The van der Waals surface area contributed by atoms with Crippen molar-refractivity contribution < 1.29 is 9.59 Å². The number of hydrogen-bond acceptors (Lipinski definition) is 3. The van der Waals surface area contributed by atoms with E-state index in [0.29, 0.717) is 4.88 Å². The van der Waals surface area contributed by atoms with E-state index in [4.69, 9.17) is 0 Å². The van der Waals surface area contributed by atoms with Crippen LogP contribution in [-0.4, -0.2) is 35.8 Å². The Balaban J connectivity index is 2.61. The molecule has 1 aromatic rings. The third-order valence-electron chi connectivity index (χ3n) is 2.30. The molecule has 0 aliphatic heterocycles. The highest BCUT2D eigenvalue weighted by atomic mass is 32.1. The summed E-state index contributed by atoms with van der Waals surface area (Å²) in [5.41, 5.74) is 0.674. The van der Waals surface area contributed by atoms with Crippen molar-refractivity contribution in [3.63, 3.8) is 0 Å². The molecule has 0 fully saturated rings. The van der Waals surface area contributed by atoms with Gasteiger partial charge in [-0.2, -0.15) is 0 Å². The average Bonchev–Trinajstić information content (AvgIpc) is 2.60. The highest BCUT2D eigenvalue weighted by molar-refractivity contribution is 7.12. The summed E-state index contributed by atoms with van der Waals surface area (Å²) in [6.45, 7) is 7.71. The molecular formula is C13H20N2O2S. The van der Waals surface area contributed by atoms with E-state index in [1.54, 1.807) is 7.05 Å². The van der Waals surface area contributed by atoms with E-state index in [1.807, 2.05) is 39.1 Å². The lowest BCUT2D eigenvalue weighted by atomic mass is 10.1. The smallest absolute Gasteiger partial charge is 0.264 e. The quantitative estimate of drug-likeness (QED) is 0.912. The van der Waals surface area contributed by atoms with Gasteiger partial charge >= 0.3 is 0 Å². The predicted molar refractivity (Wildman–Crippen MR) is 73.9 cm³/mol. The Hall–Kier alpha value is -1.36. The van der Waals surface area contributed by atoms with Crippen molar-refractivity contribution in [2.75, 3.05) is 13.6 Å². The minimum absolute atomic E-state index is 0.0768. The van der Waals surface area contributed by atoms with Crippen LogP contribution in [0.15, 0.2) is 11.4 Å². The molecule has 1 heterocycles. The first kappa shape index (κ1) is 14.7. The maximum Gasteiger partial charge on any atom is 0.264 e. The van der Waals surface area contributed by atoms with Crippen molar-refractivity contribution in [1.29, 1.82) is 0 Å². The van der Waals surface area contributed by atoms with Crippen LogP contribution < -0.4 is 5.32 Å². The second-order valence-electron chi connectivity index (χ2n) is 5.39. The first-order chi connectivity index (χ1) is 8.20. The Labute approximate surface area is 112 Å². The Morgan fingerprint density at radius 3 is 2.44 bits per heavy atom. The summed E-state index contributed by atoms with van der Waals surface area (Å²) in [5.74, 6) is -0.251. The van der Waals surface area contributed by atoms with Gasteiger partial charge in [0.2, 0.25) is 5.91 Å². The molecule has 5 heteroatoms. The van der Waals surface area contributed by atoms with E-state index in [-0.39, 0.29) is 23.9 Å². The van der Waals surface area contributed by atoms with Crippen molar-refractivity contribution >= 4 is 23.2 Å². The van der Waals surface area contributed by atoms with Gasteiger partial charge < -0.3 is 10.2 Å². The molecular weight excluding hydrogens is 248 g/mol. The van der Waals surface area contributed by atoms with Gasteiger partial charge in [0.15, 0.2) is 0 Å². The molecule has 0 spiro atoms. The zero-order valence-corrected chi connectivity index (χ0v) is 12.4. The van der Waals surface area contributed by atoms with Crippen molar-refractivity contribution in [3.8, 4) is 0 Å². The molecule has 0 saturated carbocycles. The minimum atomic E-state index is -0.278. The highest BCUT2D eigenvalue weighted by Crippen LogP contribution is 2.17. The lowest BCUT2D eigenvalue weighted by molar-refractivity contribution is -0.122. The normalized spacial score (nSPS) is 11.2. The first-order valence-electron chi connectivity index (χ1n) is 5.81. The van der Waals surface area contributed by atoms with E-state index >= 15 is 0 Å². The van der Waals surface area contributed by atoms with Crippen LogP contribution in [-0.2, 0) is 4.79 Å². The van der Waals surface area contributed by atoms with E-state index in [2.05, 4.69) is 5.32 Å². The summed E-state index contributed by atoms with van der Waals surface area (Å²) < 4.78 is 0. The van der Waals surface area contributed by atoms with Crippen LogP contribution >= 0.6 is 11.3 Å². The number of hydrogen-bond donors (Lipinski definition) is 1. The van der Waals surface area contributed by atoms with E-state index < -0.39 is 0 Å². The third-order valence-corrected chi connectivity index (χ3v) is 3.30. The molecule has 0 aliphatic rings. The molecule has 0 saturated heterocycles. The molecule has 0 aliphatic carbocycles. The fourth-order valence-electron chi connectivity index (χ4n) is 1.51. The van der Waals surface area contributed by atoms with Gasteiger partial charge in [0.05, 0.1) is 11.4 Å². The van der Waals surface area contributed by atoms with Gasteiger partial charge in [-0.1, -0.05) is 0 Å². The Kier molecular flexibility index (Phi) is 4.51. The van der Waals surface area contributed by atoms with Crippen LogP contribution in [0, 0.1) is 6.92 Å². The highest BCUT2D eigenvalue weighted by Gasteiger charge is 2.20. The number of nitrogens with zero attached hydrogens (tertiary/aromatic N) is 1. The number of likely N-dealkylation sites (N-methyl/N-ethyl adjacent to an activating group) is 1. The first-order valence-corrected chi connectivity index (χ1v) is 6.69. The number of rotatable bonds is 3. The lowest BCUT2D eigenvalue weighted by Crippen LogP contribution is -2.46. The average molecular weight is 268 g/mol. The van der Waals surface area contributed by atoms with Crippen LogP contribution in [0.1, 0.15) is 36.0 Å².